The third kappa shape index (κ3) is 3.99. The zero-order valence-electron chi connectivity index (χ0n) is 14.2. The molecule has 0 aliphatic carbocycles. The molecule has 130 valence electrons. The van der Waals surface area contributed by atoms with E-state index < -0.39 is 0 Å². The van der Waals surface area contributed by atoms with Gasteiger partial charge in [-0.15, -0.1) is 11.3 Å². The molecule has 2 aromatic heterocycles. The number of aromatic nitrogens is 3. The molecule has 0 spiro atoms. The van der Waals surface area contributed by atoms with Crippen molar-refractivity contribution < 1.29 is 14.1 Å². The van der Waals surface area contributed by atoms with Crippen molar-refractivity contribution in [2.75, 3.05) is 19.7 Å². The number of piperidine rings is 1. The lowest BCUT2D eigenvalue weighted by Crippen LogP contribution is -2.41. The van der Waals surface area contributed by atoms with E-state index in [9.17, 15) is 4.79 Å². The van der Waals surface area contributed by atoms with E-state index in [-0.39, 0.29) is 12.0 Å². The molecule has 0 aromatic carbocycles. The van der Waals surface area contributed by atoms with Gasteiger partial charge in [0.1, 0.15) is 4.88 Å². The molecule has 0 unspecified atom stereocenters. The van der Waals surface area contributed by atoms with Gasteiger partial charge >= 0.3 is 0 Å². The Kier molecular flexibility index (Phi) is 5.25. The lowest BCUT2D eigenvalue weighted by molar-refractivity contribution is 0.00958. The van der Waals surface area contributed by atoms with Gasteiger partial charge in [0.05, 0.1) is 23.4 Å². The zero-order chi connectivity index (χ0) is 17.1. The van der Waals surface area contributed by atoms with Crippen LogP contribution >= 0.6 is 11.3 Å². The van der Waals surface area contributed by atoms with Crippen molar-refractivity contribution in [2.45, 2.75) is 46.1 Å². The summed E-state index contributed by atoms with van der Waals surface area (Å²) < 4.78 is 10.8. The summed E-state index contributed by atoms with van der Waals surface area (Å²) >= 11 is 1.47. The summed E-state index contributed by atoms with van der Waals surface area (Å²) in [7, 11) is 0. The summed E-state index contributed by atoms with van der Waals surface area (Å²) in [6.45, 7) is 7.62. The molecule has 0 atom stereocenters. The molecule has 0 radical (unpaired) electrons. The second-order valence-electron chi connectivity index (χ2n) is 5.99. The monoisotopic (exact) mass is 350 g/mol. The number of rotatable bonds is 5. The van der Waals surface area contributed by atoms with E-state index in [0.717, 1.165) is 41.5 Å². The summed E-state index contributed by atoms with van der Waals surface area (Å²) in [5, 5.41) is 4.79. The zero-order valence-corrected chi connectivity index (χ0v) is 15.1. The van der Waals surface area contributed by atoms with Crippen LogP contribution < -0.4 is 0 Å². The normalized spacial score (nSPS) is 15.9. The molecule has 8 heteroatoms. The standard InChI is InChI=1S/C16H22N4O3S/c1-10-15(24-12(3)17-10)16(21)20-7-4-13(5-8-20)22-9-6-14-18-11(2)23-19-14/h13H,4-9H2,1-3H3. The molecular weight excluding hydrogens is 328 g/mol. The van der Waals surface area contributed by atoms with Crippen molar-refractivity contribution in [3.63, 3.8) is 0 Å². The molecular formula is C16H22N4O3S. The first kappa shape index (κ1) is 17.0. The number of ether oxygens (including phenoxy) is 1. The summed E-state index contributed by atoms with van der Waals surface area (Å²) in [5.74, 6) is 1.35. The number of carbonyl (C=O) groups is 1. The van der Waals surface area contributed by atoms with Crippen molar-refractivity contribution >= 4 is 17.2 Å². The van der Waals surface area contributed by atoms with Gasteiger partial charge in [-0.05, 0) is 26.7 Å². The van der Waals surface area contributed by atoms with E-state index in [1.807, 2.05) is 18.7 Å². The number of hydrogen-bond donors (Lipinski definition) is 0. The van der Waals surface area contributed by atoms with Gasteiger partial charge in [0, 0.05) is 26.4 Å². The van der Waals surface area contributed by atoms with Crippen molar-refractivity contribution in [3.8, 4) is 0 Å². The fraction of sp³-hybridized carbons (Fsp3) is 0.625. The van der Waals surface area contributed by atoms with Crippen molar-refractivity contribution in [3.05, 3.63) is 27.3 Å². The van der Waals surface area contributed by atoms with Crippen LogP contribution in [0.1, 0.15) is 44.9 Å². The van der Waals surface area contributed by atoms with Gasteiger partial charge in [-0.2, -0.15) is 4.98 Å². The predicted octanol–water partition coefficient (Wildman–Crippen LogP) is 2.32. The molecule has 0 saturated carbocycles. The first-order chi connectivity index (χ1) is 11.5. The van der Waals surface area contributed by atoms with Gasteiger partial charge in [0.2, 0.25) is 5.89 Å². The number of aryl methyl sites for hydroxylation is 3. The predicted molar refractivity (Wildman–Crippen MR) is 89.2 cm³/mol. The van der Waals surface area contributed by atoms with Crippen molar-refractivity contribution in [2.24, 2.45) is 0 Å². The largest absolute Gasteiger partial charge is 0.378 e. The third-order valence-electron chi connectivity index (χ3n) is 4.08. The fourth-order valence-electron chi connectivity index (χ4n) is 2.86. The summed E-state index contributed by atoms with van der Waals surface area (Å²) in [5.41, 5.74) is 0.830. The Bertz CT molecular complexity index is 704. The van der Waals surface area contributed by atoms with E-state index in [1.165, 1.54) is 11.3 Å². The molecule has 2 aromatic rings. The SMILES string of the molecule is Cc1nc(CCOC2CCN(C(=O)c3sc(C)nc3C)CC2)no1. The maximum atomic E-state index is 12.6. The Morgan fingerprint density at radius 1 is 1.29 bits per heavy atom. The average molecular weight is 350 g/mol. The molecule has 3 heterocycles. The first-order valence-corrected chi connectivity index (χ1v) is 8.98. The Hall–Kier alpha value is -1.80. The first-order valence-electron chi connectivity index (χ1n) is 8.17. The van der Waals surface area contributed by atoms with Crippen LogP contribution in [0.5, 0.6) is 0 Å². The maximum absolute atomic E-state index is 12.6. The average Bonchev–Trinajstić information content (AvgIpc) is 3.12. The van der Waals surface area contributed by atoms with Gasteiger partial charge in [-0.25, -0.2) is 4.98 Å². The summed E-state index contributed by atoms with van der Waals surface area (Å²) in [6, 6.07) is 0. The number of hydrogen-bond acceptors (Lipinski definition) is 7. The van der Waals surface area contributed by atoms with Crippen LogP contribution in [0.4, 0.5) is 0 Å². The number of amides is 1. The van der Waals surface area contributed by atoms with Crippen LogP contribution in [-0.2, 0) is 11.2 Å². The minimum Gasteiger partial charge on any atom is -0.378 e. The van der Waals surface area contributed by atoms with Gasteiger partial charge in [0.15, 0.2) is 5.82 Å². The Labute approximate surface area is 145 Å². The van der Waals surface area contributed by atoms with Gasteiger partial charge in [-0.1, -0.05) is 5.16 Å². The molecule has 0 N–H and O–H groups in total. The molecule has 0 bridgehead atoms. The highest BCUT2D eigenvalue weighted by atomic mass is 32.1. The number of nitrogens with zero attached hydrogens (tertiary/aromatic N) is 4. The van der Waals surface area contributed by atoms with Crippen molar-refractivity contribution in [1.82, 2.24) is 20.0 Å². The highest BCUT2D eigenvalue weighted by Crippen LogP contribution is 2.22. The van der Waals surface area contributed by atoms with Crippen LogP contribution in [0.2, 0.25) is 0 Å². The second-order valence-corrected chi connectivity index (χ2v) is 7.19. The van der Waals surface area contributed by atoms with Crippen LogP contribution in [-0.4, -0.2) is 51.7 Å². The Morgan fingerprint density at radius 2 is 2.04 bits per heavy atom. The quantitative estimate of drug-likeness (QED) is 0.823. The number of carbonyl (C=O) groups excluding carboxylic acids is 1. The molecule has 1 fully saturated rings. The molecule has 7 nitrogen and oxygen atoms in total. The maximum Gasteiger partial charge on any atom is 0.265 e. The molecule has 3 rings (SSSR count). The summed E-state index contributed by atoms with van der Waals surface area (Å²) in [6.07, 6.45) is 2.55. The van der Waals surface area contributed by atoms with E-state index >= 15 is 0 Å². The van der Waals surface area contributed by atoms with Crippen LogP contribution in [0.15, 0.2) is 4.52 Å². The van der Waals surface area contributed by atoms with Crippen molar-refractivity contribution in [1.29, 1.82) is 0 Å². The lowest BCUT2D eigenvalue weighted by atomic mass is 10.1. The van der Waals surface area contributed by atoms with E-state index in [0.29, 0.717) is 24.7 Å². The number of likely N-dealkylation sites (tertiary alicyclic amines) is 1. The van der Waals surface area contributed by atoms with Gasteiger partial charge < -0.3 is 14.2 Å². The Morgan fingerprint density at radius 3 is 2.62 bits per heavy atom. The molecule has 24 heavy (non-hydrogen) atoms. The highest BCUT2D eigenvalue weighted by Gasteiger charge is 2.26. The lowest BCUT2D eigenvalue weighted by Gasteiger charge is -2.31. The van der Waals surface area contributed by atoms with E-state index in [4.69, 9.17) is 9.26 Å². The molecule has 1 amide bonds. The van der Waals surface area contributed by atoms with Crippen LogP contribution in [0, 0.1) is 20.8 Å². The van der Waals surface area contributed by atoms with Crippen LogP contribution in [0.25, 0.3) is 0 Å². The highest BCUT2D eigenvalue weighted by molar-refractivity contribution is 7.13. The minimum absolute atomic E-state index is 0.0961. The molecule has 1 aliphatic heterocycles. The van der Waals surface area contributed by atoms with E-state index in [2.05, 4.69) is 15.1 Å². The van der Waals surface area contributed by atoms with Crippen LogP contribution in [0.3, 0.4) is 0 Å². The third-order valence-corrected chi connectivity index (χ3v) is 5.14. The second kappa shape index (κ2) is 7.40. The summed E-state index contributed by atoms with van der Waals surface area (Å²) in [4.78, 5) is 23.7. The topological polar surface area (TPSA) is 81.4 Å². The minimum atomic E-state index is 0.0961. The molecule has 1 saturated heterocycles. The Balaban J connectivity index is 1.44. The van der Waals surface area contributed by atoms with Gasteiger partial charge in [0.25, 0.3) is 5.91 Å². The number of thiazole rings is 1. The molecule has 1 aliphatic rings. The smallest absolute Gasteiger partial charge is 0.265 e. The fourth-order valence-corrected chi connectivity index (χ4v) is 3.75. The van der Waals surface area contributed by atoms with Gasteiger partial charge in [-0.3, -0.25) is 4.79 Å². The van der Waals surface area contributed by atoms with E-state index in [1.54, 1.807) is 6.92 Å².